The molecule has 0 saturated heterocycles. The summed E-state index contributed by atoms with van der Waals surface area (Å²) in [5, 5.41) is 16.6. The van der Waals surface area contributed by atoms with Crippen LogP contribution in [-0.2, 0) is 13.0 Å². The second kappa shape index (κ2) is 6.84. The average molecular weight is 345 g/mol. The first-order valence-corrected chi connectivity index (χ1v) is 8.66. The Kier molecular flexibility index (Phi) is 4.23. The summed E-state index contributed by atoms with van der Waals surface area (Å²) in [7, 11) is 0. The fourth-order valence-electron chi connectivity index (χ4n) is 3.30. The van der Waals surface area contributed by atoms with Crippen LogP contribution in [0, 0.1) is 11.3 Å². The zero-order valence-electron chi connectivity index (χ0n) is 14.3. The van der Waals surface area contributed by atoms with Gasteiger partial charge in [-0.05, 0) is 31.0 Å². The van der Waals surface area contributed by atoms with Crippen molar-refractivity contribution in [2.75, 3.05) is 17.6 Å². The molecule has 0 radical (unpaired) electrons. The van der Waals surface area contributed by atoms with Gasteiger partial charge in [-0.25, -0.2) is 9.97 Å². The lowest BCUT2D eigenvalue weighted by atomic mass is 10.0. The van der Waals surface area contributed by atoms with Gasteiger partial charge in [-0.3, -0.25) is 4.68 Å². The van der Waals surface area contributed by atoms with Gasteiger partial charge in [-0.1, -0.05) is 12.1 Å². The molecular weight excluding hydrogens is 326 g/mol. The first-order chi connectivity index (χ1) is 12.8. The van der Waals surface area contributed by atoms with Gasteiger partial charge >= 0.3 is 0 Å². The minimum Gasteiger partial charge on any atom is -0.399 e. The van der Waals surface area contributed by atoms with Crippen LogP contribution >= 0.6 is 0 Å². The first-order valence-electron chi connectivity index (χ1n) is 8.66. The number of aromatic nitrogens is 4. The molecule has 3 N–H and O–H groups in total. The summed E-state index contributed by atoms with van der Waals surface area (Å²) >= 11 is 0. The third kappa shape index (κ3) is 2.97. The summed E-state index contributed by atoms with van der Waals surface area (Å²) in [5.74, 6) is 0.522. The molecule has 26 heavy (non-hydrogen) atoms. The van der Waals surface area contributed by atoms with Gasteiger partial charge in [-0.15, -0.1) is 0 Å². The van der Waals surface area contributed by atoms with E-state index in [-0.39, 0.29) is 0 Å². The molecule has 2 aromatic heterocycles. The van der Waals surface area contributed by atoms with Gasteiger partial charge < -0.3 is 11.1 Å². The molecule has 1 aliphatic rings. The Morgan fingerprint density at radius 2 is 2.23 bits per heavy atom. The maximum Gasteiger partial charge on any atom is 0.223 e. The number of fused-ring (bicyclic) bond motifs is 1. The lowest BCUT2D eigenvalue weighted by molar-refractivity contribution is 0.659. The third-order valence-corrected chi connectivity index (χ3v) is 4.43. The number of aryl methyl sites for hydroxylation is 1. The number of benzene rings is 1. The van der Waals surface area contributed by atoms with Gasteiger partial charge in [0.05, 0.1) is 18.2 Å². The summed E-state index contributed by atoms with van der Waals surface area (Å²) in [4.78, 5) is 8.91. The van der Waals surface area contributed by atoms with Crippen LogP contribution in [0.3, 0.4) is 0 Å². The normalized spacial score (nSPS) is 12.6. The number of rotatable bonds is 5. The molecule has 1 aromatic carbocycles. The molecule has 1 aliphatic heterocycles. The van der Waals surface area contributed by atoms with Crippen molar-refractivity contribution in [1.82, 2.24) is 19.7 Å². The number of hydrogen-bond donors (Lipinski definition) is 2. The second-order valence-electron chi connectivity index (χ2n) is 6.22. The van der Waals surface area contributed by atoms with Crippen molar-refractivity contribution in [3.8, 4) is 28.6 Å². The first kappa shape index (κ1) is 16.1. The van der Waals surface area contributed by atoms with E-state index in [0.717, 1.165) is 41.9 Å². The number of hydrogen-bond acceptors (Lipinski definition) is 6. The molecule has 3 heterocycles. The van der Waals surface area contributed by atoms with Gasteiger partial charge in [-0.2, -0.15) is 10.4 Å². The molecule has 7 heteroatoms. The molecule has 0 aliphatic carbocycles. The second-order valence-corrected chi connectivity index (χ2v) is 6.22. The minimum absolute atomic E-state index is 0.408. The Bertz CT molecular complexity index is 984. The maximum absolute atomic E-state index is 8.69. The SMILES string of the molecule is N#CCCNc1nccc(-c2c(-c3cccc(N)c3)nn3c2CCC3)n1. The van der Waals surface area contributed by atoms with E-state index in [4.69, 9.17) is 16.1 Å². The molecule has 0 atom stereocenters. The van der Waals surface area contributed by atoms with Gasteiger partial charge in [0.15, 0.2) is 0 Å². The Morgan fingerprint density at radius 3 is 3.08 bits per heavy atom. The smallest absolute Gasteiger partial charge is 0.223 e. The molecule has 0 unspecified atom stereocenters. The van der Waals surface area contributed by atoms with Crippen molar-refractivity contribution in [3.05, 3.63) is 42.2 Å². The molecule has 7 nitrogen and oxygen atoms in total. The van der Waals surface area contributed by atoms with E-state index in [1.807, 2.05) is 30.3 Å². The zero-order chi connectivity index (χ0) is 17.9. The van der Waals surface area contributed by atoms with Gasteiger partial charge in [0, 0.05) is 41.8 Å². The van der Waals surface area contributed by atoms with Crippen molar-refractivity contribution in [3.63, 3.8) is 0 Å². The Morgan fingerprint density at radius 1 is 1.31 bits per heavy atom. The van der Waals surface area contributed by atoms with Gasteiger partial charge in [0.1, 0.15) is 5.69 Å². The van der Waals surface area contributed by atoms with Crippen LogP contribution < -0.4 is 11.1 Å². The molecule has 0 saturated carbocycles. The summed E-state index contributed by atoms with van der Waals surface area (Å²) in [6.07, 6.45) is 4.21. The van der Waals surface area contributed by atoms with Crippen LogP contribution in [0.4, 0.5) is 11.6 Å². The minimum atomic E-state index is 0.408. The topological polar surface area (TPSA) is 105 Å². The molecule has 0 bridgehead atoms. The maximum atomic E-state index is 8.69. The molecule has 4 rings (SSSR count). The van der Waals surface area contributed by atoms with Crippen LogP contribution in [0.25, 0.3) is 22.5 Å². The molecular formula is C19H19N7. The Hall–Kier alpha value is -3.40. The summed E-state index contributed by atoms with van der Waals surface area (Å²) in [6.45, 7) is 1.44. The quantitative estimate of drug-likeness (QED) is 0.544. The van der Waals surface area contributed by atoms with E-state index in [0.29, 0.717) is 24.6 Å². The summed E-state index contributed by atoms with van der Waals surface area (Å²) in [5.41, 5.74) is 11.6. The van der Waals surface area contributed by atoms with E-state index in [9.17, 15) is 0 Å². The molecule has 0 fully saturated rings. The number of nitrogen functional groups attached to an aromatic ring is 1. The van der Waals surface area contributed by atoms with E-state index in [1.165, 1.54) is 5.69 Å². The summed E-state index contributed by atoms with van der Waals surface area (Å²) in [6, 6.07) is 11.8. The van der Waals surface area contributed by atoms with Crippen LogP contribution in [0.15, 0.2) is 36.5 Å². The van der Waals surface area contributed by atoms with Gasteiger partial charge in [0.2, 0.25) is 5.95 Å². The highest BCUT2D eigenvalue weighted by atomic mass is 15.3. The molecule has 0 amide bonds. The molecule has 130 valence electrons. The molecule has 3 aromatic rings. The summed E-state index contributed by atoms with van der Waals surface area (Å²) < 4.78 is 2.07. The van der Waals surface area contributed by atoms with Crippen molar-refractivity contribution in [2.24, 2.45) is 0 Å². The lowest BCUT2D eigenvalue weighted by Crippen LogP contribution is -2.05. The standard InChI is InChI=1S/C19H19N7/c20-8-3-9-22-19-23-10-7-15(24-19)17-16-6-2-11-26(16)25-18(17)13-4-1-5-14(21)12-13/h1,4-5,7,10,12H,2-3,6,9,11,21H2,(H,22,23,24). The predicted octanol–water partition coefficient (Wildman–Crippen LogP) is 2.86. The lowest BCUT2D eigenvalue weighted by Gasteiger charge is -2.08. The highest BCUT2D eigenvalue weighted by Gasteiger charge is 2.24. The third-order valence-electron chi connectivity index (χ3n) is 4.43. The van der Waals surface area contributed by atoms with Crippen molar-refractivity contribution < 1.29 is 0 Å². The number of nitrogens with one attached hydrogen (secondary N) is 1. The van der Waals surface area contributed by atoms with E-state index in [1.54, 1.807) is 6.20 Å². The number of nitriles is 1. The molecule has 0 spiro atoms. The van der Waals surface area contributed by atoms with Crippen LogP contribution in [0.5, 0.6) is 0 Å². The largest absolute Gasteiger partial charge is 0.399 e. The fraction of sp³-hybridized carbons (Fsp3) is 0.263. The van der Waals surface area contributed by atoms with Crippen LogP contribution in [-0.4, -0.2) is 26.3 Å². The van der Waals surface area contributed by atoms with E-state index < -0.39 is 0 Å². The van der Waals surface area contributed by atoms with Crippen LogP contribution in [0.2, 0.25) is 0 Å². The Balaban J connectivity index is 1.79. The number of nitrogens with two attached hydrogens (primary N) is 1. The number of anilines is 2. The van der Waals surface area contributed by atoms with E-state index in [2.05, 4.69) is 26.0 Å². The highest BCUT2D eigenvalue weighted by Crippen LogP contribution is 2.37. The zero-order valence-corrected chi connectivity index (χ0v) is 14.3. The number of nitrogens with zero attached hydrogens (tertiary/aromatic N) is 5. The van der Waals surface area contributed by atoms with Gasteiger partial charge in [0.25, 0.3) is 0 Å². The average Bonchev–Trinajstić information content (AvgIpc) is 3.23. The highest BCUT2D eigenvalue weighted by molar-refractivity contribution is 5.82. The monoisotopic (exact) mass is 345 g/mol. The fourth-order valence-corrected chi connectivity index (χ4v) is 3.30. The predicted molar refractivity (Wildman–Crippen MR) is 100 cm³/mol. The Labute approximate surface area is 151 Å². The van der Waals surface area contributed by atoms with Crippen molar-refractivity contribution in [1.29, 1.82) is 5.26 Å². The van der Waals surface area contributed by atoms with Crippen molar-refractivity contribution >= 4 is 11.6 Å². The van der Waals surface area contributed by atoms with Crippen LogP contribution in [0.1, 0.15) is 18.5 Å². The van der Waals surface area contributed by atoms with E-state index >= 15 is 0 Å². The van der Waals surface area contributed by atoms with Crippen molar-refractivity contribution in [2.45, 2.75) is 25.8 Å².